The molecule has 1 aliphatic carbocycles. The van der Waals surface area contributed by atoms with Crippen LogP contribution >= 0.6 is 35.7 Å². The van der Waals surface area contributed by atoms with Gasteiger partial charge < -0.3 is 9.05 Å². The Kier molecular flexibility index (Phi) is 8.42. The predicted octanol–water partition coefficient (Wildman–Crippen LogP) is 6.53. The van der Waals surface area contributed by atoms with Crippen LogP contribution in [-0.4, -0.2) is 17.5 Å². The van der Waals surface area contributed by atoms with Crippen molar-refractivity contribution in [3.05, 3.63) is 121 Å². The zero-order chi connectivity index (χ0) is 25.9. The number of hydrogen-bond acceptors (Lipinski definition) is 4. The van der Waals surface area contributed by atoms with E-state index in [0.29, 0.717) is 13.2 Å². The summed E-state index contributed by atoms with van der Waals surface area (Å²) in [6.45, 7) is 0.698. The van der Waals surface area contributed by atoms with Crippen LogP contribution in [0.1, 0.15) is 0 Å². The quantitative estimate of drug-likeness (QED) is 0.152. The third-order valence-corrected chi connectivity index (χ3v) is 15.8. The summed E-state index contributed by atoms with van der Waals surface area (Å²) in [7, 11) is 0. The second-order valence-electron chi connectivity index (χ2n) is 8.92. The molecule has 0 radical (unpaired) electrons. The molecule has 4 aromatic carbocycles. The van der Waals surface area contributed by atoms with Crippen molar-refractivity contribution < 1.29 is 9.05 Å². The topological polar surface area (TPSA) is 18.5 Å². The van der Waals surface area contributed by atoms with Gasteiger partial charge in [0.1, 0.15) is 16.9 Å². The molecule has 0 bridgehead atoms. The second kappa shape index (κ2) is 11.4. The standard InChI is InChI=1S/C29H26Cl2O2P2S2/c30-29(31)27(21-32-34(36,23-13-5-1-6-14-23)24-15-7-2-8-16-24)28(29)22-33-35(37,25-17-9-3-10-18-25)26-19-11-4-12-20-26/h1-20,27-28H,21-22H2/t27-,28+. The Labute approximate surface area is 239 Å². The first-order valence-electron chi connectivity index (χ1n) is 11.9. The summed E-state index contributed by atoms with van der Waals surface area (Å²) >= 11 is 26.0. The molecule has 2 nitrogen and oxygen atoms in total. The van der Waals surface area contributed by atoms with Gasteiger partial charge >= 0.3 is 0 Å². The molecule has 0 heterocycles. The van der Waals surface area contributed by atoms with E-state index in [0.717, 1.165) is 21.2 Å². The van der Waals surface area contributed by atoms with Crippen molar-refractivity contribution in [2.24, 2.45) is 11.8 Å². The lowest BCUT2D eigenvalue weighted by molar-refractivity contribution is 0.289. The van der Waals surface area contributed by atoms with E-state index in [-0.39, 0.29) is 11.8 Å². The van der Waals surface area contributed by atoms with Gasteiger partial charge in [-0.1, -0.05) is 145 Å². The molecule has 0 amide bonds. The maximum absolute atomic E-state index is 6.78. The summed E-state index contributed by atoms with van der Waals surface area (Å²) in [5.41, 5.74) is 0. The number of rotatable bonds is 10. The molecule has 0 saturated heterocycles. The van der Waals surface area contributed by atoms with E-state index in [2.05, 4.69) is 0 Å². The minimum absolute atomic E-state index is 0.111. The lowest BCUT2D eigenvalue weighted by atomic mass is 10.3. The highest BCUT2D eigenvalue weighted by atomic mass is 35.5. The second-order valence-corrected chi connectivity index (χ2v) is 18.2. The molecular weight excluding hydrogens is 577 g/mol. The summed E-state index contributed by atoms with van der Waals surface area (Å²) in [5, 5.41) is 4.01. The fraction of sp³-hybridized carbons (Fsp3) is 0.172. The Balaban J connectivity index is 1.34. The van der Waals surface area contributed by atoms with E-state index in [1.54, 1.807) is 0 Å². The Morgan fingerprint density at radius 2 is 0.757 bits per heavy atom. The molecule has 0 N–H and O–H groups in total. The van der Waals surface area contributed by atoms with E-state index >= 15 is 0 Å². The van der Waals surface area contributed by atoms with Crippen molar-refractivity contribution in [2.75, 3.05) is 13.2 Å². The van der Waals surface area contributed by atoms with Gasteiger partial charge in [0.05, 0.1) is 13.2 Å². The van der Waals surface area contributed by atoms with Crippen LogP contribution in [0.2, 0.25) is 0 Å². The van der Waals surface area contributed by atoms with Crippen LogP contribution in [-0.2, 0) is 32.7 Å². The maximum atomic E-state index is 6.78. The molecule has 0 spiro atoms. The number of halogens is 2. The Morgan fingerprint density at radius 1 is 0.514 bits per heavy atom. The monoisotopic (exact) mass is 602 g/mol. The highest BCUT2D eigenvalue weighted by Gasteiger charge is 2.63. The lowest BCUT2D eigenvalue weighted by Gasteiger charge is -2.24. The summed E-state index contributed by atoms with van der Waals surface area (Å²) in [6, 6.07) is 40.1. The first-order chi connectivity index (χ1) is 17.9. The summed E-state index contributed by atoms with van der Waals surface area (Å²) in [6.07, 6.45) is -5.01. The van der Waals surface area contributed by atoms with Crippen LogP contribution in [0.5, 0.6) is 0 Å². The fourth-order valence-corrected chi connectivity index (χ4v) is 11.1. The first kappa shape index (κ1) is 27.3. The average Bonchev–Trinajstić information content (AvgIpc) is 3.50. The Hall–Kier alpha value is -1.32. The van der Waals surface area contributed by atoms with Crippen molar-refractivity contribution in [2.45, 2.75) is 4.33 Å². The number of alkyl halides is 2. The van der Waals surface area contributed by atoms with Crippen molar-refractivity contribution in [1.29, 1.82) is 0 Å². The van der Waals surface area contributed by atoms with E-state index < -0.39 is 16.9 Å². The van der Waals surface area contributed by atoms with Gasteiger partial charge in [-0.15, -0.1) is 23.2 Å². The smallest absolute Gasteiger partial charge is 0.129 e. The van der Waals surface area contributed by atoms with Gasteiger partial charge in [0.2, 0.25) is 0 Å². The molecule has 1 saturated carbocycles. The fourth-order valence-electron chi connectivity index (χ4n) is 4.38. The zero-order valence-electron chi connectivity index (χ0n) is 19.9. The van der Waals surface area contributed by atoms with Crippen molar-refractivity contribution in [1.82, 2.24) is 0 Å². The molecule has 1 fully saturated rings. The third-order valence-electron chi connectivity index (χ3n) is 6.62. The van der Waals surface area contributed by atoms with Gasteiger partial charge in [0.25, 0.3) is 0 Å². The molecule has 2 atom stereocenters. The third kappa shape index (κ3) is 5.69. The predicted molar refractivity (Wildman–Crippen MR) is 166 cm³/mol. The van der Waals surface area contributed by atoms with Crippen molar-refractivity contribution in [3.63, 3.8) is 0 Å². The van der Waals surface area contributed by atoms with Gasteiger partial charge in [0.15, 0.2) is 0 Å². The van der Waals surface area contributed by atoms with Crippen LogP contribution in [0, 0.1) is 11.8 Å². The van der Waals surface area contributed by atoms with Crippen LogP contribution in [0.4, 0.5) is 0 Å². The summed E-state index contributed by atoms with van der Waals surface area (Å²) in [4.78, 5) is 0. The van der Waals surface area contributed by atoms with E-state index in [1.165, 1.54) is 0 Å². The van der Waals surface area contributed by atoms with Crippen LogP contribution in [0.15, 0.2) is 121 Å². The van der Waals surface area contributed by atoms with E-state index in [4.69, 9.17) is 55.9 Å². The van der Waals surface area contributed by atoms with Crippen LogP contribution < -0.4 is 21.2 Å². The Bertz CT molecular complexity index is 1230. The zero-order valence-corrected chi connectivity index (χ0v) is 24.8. The lowest BCUT2D eigenvalue weighted by Crippen LogP contribution is -2.20. The Morgan fingerprint density at radius 3 is 1.00 bits per heavy atom. The van der Waals surface area contributed by atoms with E-state index in [1.807, 2.05) is 121 Å². The maximum Gasteiger partial charge on any atom is 0.129 e. The van der Waals surface area contributed by atoms with Gasteiger partial charge in [-0.2, -0.15) is 0 Å². The molecular formula is C29H26Cl2O2P2S2. The molecule has 0 unspecified atom stereocenters. The normalized spacial score (nSPS) is 18.9. The molecule has 0 aliphatic heterocycles. The minimum atomic E-state index is -2.51. The van der Waals surface area contributed by atoms with E-state index in [9.17, 15) is 0 Å². The highest BCUT2D eigenvalue weighted by molar-refractivity contribution is 8.19. The SMILES string of the molecule is S=P(OC[C@@H]1[C@H](COP(=S)(c2ccccc2)c2ccccc2)C1(Cl)Cl)(c1ccccc1)c1ccccc1. The van der Waals surface area contributed by atoms with Crippen LogP contribution in [0.3, 0.4) is 0 Å². The molecule has 8 heteroatoms. The van der Waals surface area contributed by atoms with Gasteiger partial charge in [0, 0.05) is 33.1 Å². The number of benzene rings is 4. The molecule has 190 valence electrons. The molecule has 1 aliphatic rings. The summed E-state index contributed by atoms with van der Waals surface area (Å²) in [5.74, 6) is -0.221. The highest BCUT2D eigenvalue weighted by Crippen LogP contribution is 2.62. The average molecular weight is 604 g/mol. The number of hydrogen-bond donors (Lipinski definition) is 0. The van der Waals surface area contributed by atoms with Gasteiger partial charge in [-0.25, -0.2) is 0 Å². The largest absolute Gasteiger partial charge is 0.342 e. The first-order valence-corrected chi connectivity index (χ1v) is 18.1. The van der Waals surface area contributed by atoms with Crippen molar-refractivity contribution in [3.8, 4) is 0 Å². The molecule has 37 heavy (non-hydrogen) atoms. The summed E-state index contributed by atoms with van der Waals surface area (Å²) < 4.78 is 12.2. The molecule has 4 aromatic rings. The molecule has 5 rings (SSSR count). The minimum Gasteiger partial charge on any atom is -0.342 e. The van der Waals surface area contributed by atoms with Crippen LogP contribution in [0.25, 0.3) is 0 Å². The van der Waals surface area contributed by atoms with Gasteiger partial charge in [-0.3, -0.25) is 0 Å². The molecule has 0 aromatic heterocycles. The van der Waals surface area contributed by atoms with Gasteiger partial charge in [-0.05, 0) is 0 Å². The van der Waals surface area contributed by atoms with Crippen molar-refractivity contribution >= 4 is 80.6 Å².